The van der Waals surface area contributed by atoms with Crippen LogP contribution in [0.5, 0.6) is 0 Å². The highest BCUT2D eigenvalue weighted by atomic mass is 16.6. The number of hydrogen-bond acceptors (Lipinski definition) is 7. The first-order valence-electron chi connectivity index (χ1n) is 11.4. The van der Waals surface area contributed by atoms with Gasteiger partial charge in [0.1, 0.15) is 5.70 Å². The summed E-state index contributed by atoms with van der Waals surface area (Å²) in [7, 11) is 0. The number of nitrogens with zero attached hydrogens (tertiary/aromatic N) is 4. The van der Waals surface area contributed by atoms with E-state index in [-0.39, 0.29) is 17.5 Å². The monoisotopic (exact) mass is 442 g/mol. The second kappa shape index (κ2) is 9.79. The average Bonchev–Trinajstić information content (AvgIpc) is 3.04. The first-order valence-corrected chi connectivity index (χ1v) is 11.4. The first-order chi connectivity index (χ1) is 15.5. The summed E-state index contributed by atoms with van der Waals surface area (Å²) in [6.07, 6.45) is 2.77. The summed E-state index contributed by atoms with van der Waals surface area (Å²) in [5.41, 5.74) is 1.33. The molecule has 3 aliphatic heterocycles. The van der Waals surface area contributed by atoms with Gasteiger partial charge in [0.05, 0.1) is 23.7 Å². The zero-order valence-corrected chi connectivity index (χ0v) is 18.5. The molecule has 0 N–H and O–H groups in total. The van der Waals surface area contributed by atoms with E-state index in [1.807, 2.05) is 4.90 Å². The van der Waals surface area contributed by atoms with Crippen LogP contribution in [-0.4, -0.2) is 83.9 Å². The summed E-state index contributed by atoms with van der Waals surface area (Å²) >= 11 is 0. The van der Waals surface area contributed by atoms with Crippen LogP contribution in [0, 0.1) is 16.0 Å². The molecule has 2 amide bonds. The molecule has 2 fully saturated rings. The highest BCUT2D eigenvalue weighted by molar-refractivity contribution is 6.35. The second-order valence-corrected chi connectivity index (χ2v) is 8.79. The Morgan fingerprint density at radius 2 is 1.78 bits per heavy atom. The number of piperidine rings is 1. The average molecular weight is 443 g/mol. The molecule has 32 heavy (non-hydrogen) atoms. The standard InChI is InChI=1S/C23H30N4O5/c1-17-4-2-10-25(16-17)21-20(18-5-7-19(8-6-18)27(30)31)22(28)26(23(21)29)11-3-9-24-12-14-32-15-13-24/h5-8,17H,2-4,9-16H2,1H3. The van der Waals surface area contributed by atoms with Crippen LogP contribution in [-0.2, 0) is 14.3 Å². The first kappa shape index (κ1) is 22.4. The van der Waals surface area contributed by atoms with Crippen LogP contribution in [0.1, 0.15) is 31.7 Å². The van der Waals surface area contributed by atoms with Gasteiger partial charge in [-0.25, -0.2) is 0 Å². The van der Waals surface area contributed by atoms with E-state index in [1.165, 1.54) is 17.0 Å². The van der Waals surface area contributed by atoms with Crippen molar-refractivity contribution in [3.05, 3.63) is 45.6 Å². The van der Waals surface area contributed by atoms with Crippen molar-refractivity contribution in [3.63, 3.8) is 0 Å². The van der Waals surface area contributed by atoms with E-state index in [2.05, 4.69) is 11.8 Å². The second-order valence-electron chi connectivity index (χ2n) is 8.79. The number of benzene rings is 1. The van der Waals surface area contributed by atoms with Crippen molar-refractivity contribution in [1.82, 2.24) is 14.7 Å². The topological polar surface area (TPSA) is 96.2 Å². The van der Waals surface area contributed by atoms with Crippen molar-refractivity contribution in [1.29, 1.82) is 0 Å². The Kier molecular flexibility index (Phi) is 6.86. The molecule has 1 aromatic carbocycles. The van der Waals surface area contributed by atoms with Crippen LogP contribution in [0.3, 0.4) is 0 Å². The van der Waals surface area contributed by atoms with Crippen molar-refractivity contribution in [2.24, 2.45) is 5.92 Å². The molecule has 9 nitrogen and oxygen atoms in total. The maximum absolute atomic E-state index is 13.4. The Morgan fingerprint density at radius 3 is 2.44 bits per heavy atom. The number of rotatable bonds is 7. The van der Waals surface area contributed by atoms with Gasteiger partial charge in [0.15, 0.2) is 0 Å². The van der Waals surface area contributed by atoms with Crippen LogP contribution in [0.2, 0.25) is 0 Å². The van der Waals surface area contributed by atoms with Gasteiger partial charge in [0.2, 0.25) is 0 Å². The SMILES string of the molecule is CC1CCCN(C2=C(c3ccc([N+](=O)[O-])cc3)C(=O)N(CCCN3CCOCC3)C2=O)C1. The summed E-state index contributed by atoms with van der Waals surface area (Å²) in [6.45, 7) is 7.94. The van der Waals surface area contributed by atoms with E-state index in [0.717, 1.165) is 45.6 Å². The lowest BCUT2D eigenvalue weighted by Gasteiger charge is -2.33. The molecule has 0 spiro atoms. The number of imide groups is 1. The van der Waals surface area contributed by atoms with Gasteiger partial charge in [-0.15, -0.1) is 0 Å². The van der Waals surface area contributed by atoms with Crippen LogP contribution in [0.4, 0.5) is 5.69 Å². The van der Waals surface area contributed by atoms with E-state index in [1.54, 1.807) is 12.1 Å². The summed E-state index contributed by atoms with van der Waals surface area (Å²) in [5, 5.41) is 11.0. The minimum Gasteiger partial charge on any atom is -0.379 e. The fourth-order valence-corrected chi connectivity index (χ4v) is 4.74. The molecule has 2 saturated heterocycles. The predicted octanol–water partition coefficient (Wildman–Crippen LogP) is 2.13. The molecular weight excluding hydrogens is 412 g/mol. The van der Waals surface area contributed by atoms with E-state index >= 15 is 0 Å². The number of likely N-dealkylation sites (tertiary alicyclic amines) is 1. The largest absolute Gasteiger partial charge is 0.379 e. The van der Waals surface area contributed by atoms with E-state index < -0.39 is 4.92 Å². The number of morpholine rings is 1. The summed E-state index contributed by atoms with van der Waals surface area (Å²) in [5.74, 6) is -0.119. The maximum atomic E-state index is 13.4. The number of ether oxygens (including phenoxy) is 1. The molecule has 0 aliphatic carbocycles. The molecule has 172 valence electrons. The number of nitro benzene ring substituents is 1. The van der Waals surface area contributed by atoms with E-state index in [4.69, 9.17) is 4.74 Å². The zero-order valence-electron chi connectivity index (χ0n) is 18.5. The molecule has 0 saturated carbocycles. The molecule has 0 bridgehead atoms. The molecule has 9 heteroatoms. The molecule has 0 aromatic heterocycles. The molecule has 0 radical (unpaired) electrons. The lowest BCUT2D eigenvalue weighted by molar-refractivity contribution is -0.384. The zero-order chi connectivity index (χ0) is 22.7. The number of non-ortho nitro benzene ring substituents is 1. The fraction of sp³-hybridized carbons (Fsp3) is 0.565. The van der Waals surface area contributed by atoms with Crippen molar-refractivity contribution < 1.29 is 19.2 Å². The van der Waals surface area contributed by atoms with Crippen LogP contribution in [0.15, 0.2) is 30.0 Å². The van der Waals surface area contributed by atoms with Crippen molar-refractivity contribution >= 4 is 23.1 Å². The van der Waals surface area contributed by atoms with Gasteiger partial charge in [0, 0.05) is 51.4 Å². The lowest BCUT2D eigenvalue weighted by Crippen LogP contribution is -2.41. The van der Waals surface area contributed by atoms with E-state index in [9.17, 15) is 19.7 Å². The normalized spacial score (nSPS) is 22.7. The Morgan fingerprint density at radius 1 is 1.06 bits per heavy atom. The van der Waals surface area contributed by atoms with Gasteiger partial charge in [-0.1, -0.05) is 6.92 Å². The molecular formula is C23H30N4O5. The van der Waals surface area contributed by atoms with Gasteiger partial charge in [-0.05, 0) is 42.9 Å². The van der Waals surface area contributed by atoms with Gasteiger partial charge in [0.25, 0.3) is 17.5 Å². The Balaban J connectivity index is 1.57. The number of carbonyl (C=O) groups is 2. The van der Waals surface area contributed by atoms with Crippen molar-refractivity contribution in [3.8, 4) is 0 Å². The van der Waals surface area contributed by atoms with Crippen molar-refractivity contribution in [2.75, 3.05) is 52.5 Å². The Bertz CT molecular complexity index is 907. The van der Waals surface area contributed by atoms with E-state index in [0.29, 0.717) is 48.9 Å². The fourth-order valence-electron chi connectivity index (χ4n) is 4.74. The van der Waals surface area contributed by atoms with Gasteiger partial charge >= 0.3 is 0 Å². The van der Waals surface area contributed by atoms with Crippen LogP contribution >= 0.6 is 0 Å². The molecule has 1 aromatic rings. The van der Waals surface area contributed by atoms with Gasteiger partial charge < -0.3 is 9.64 Å². The summed E-state index contributed by atoms with van der Waals surface area (Å²) in [4.78, 5) is 43.1. The third kappa shape index (κ3) is 4.68. The number of carbonyl (C=O) groups excluding carboxylic acids is 2. The summed E-state index contributed by atoms with van der Waals surface area (Å²) < 4.78 is 5.38. The van der Waals surface area contributed by atoms with Crippen LogP contribution in [0.25, 0.3) is 5.57 Å². The maximum Gasteiger partial charge on any atom is 0.277 e. The molecule has 3 aliphatic rings. The van der Waals surface area contributed by atoms with Crippen LogP contribution < -0.4 is 0 Å². The Hall–Kier alpha value is -2.78. The third-order valence-corrected chi connectivity index (χ3v) is 6.44. The van der Waals surface area contributed by atoms with Gasteiger partial charge in [-0.2, -0.15) is 0 Å². The molecule has 1 atom stereocenters. The Labute approximate surface area is 187 Å². The number of amides is 2. The quantitative estimate of drug-likeness (QED) is 0.363. The number of nitro groups is 1. The third-order valence-electron chi connectivity index (χ3n) is 6.44. The summed E-state index contributed by atoms with van der Waals surface area (Å²) in [6, 6.07) is 5.92. The minimum absolute atomic E-state index is 0.0402. The van der Waals surface area contributed by atoms with Crippen molar-refractivity contribution in [2.45, 2.75) is 26.2 Å². The predicted molar refractivity (Wildman–Crippen MR) is 119 cm³/mol. The highest BCUT2D eigenvalue weighted by Gasteiger charge is 2.42. The molecule has 1 unspecified atom stereocenters. The number of hydrogen-bond donors (Lipinski definition) is 0. The highest BCUT2D eigenvalue weighted by Crippen LogP contribution is 2.34. The van der Waals surface area contributed by atoms with Gasteiger partial charge in [-0.3, -0.25) is 29.5 Å². The lowest BCUT2D eigenvalue weighted by atomic mass is 9.97. The molecule has 4 rings (SSSR count). The minimum atomic E-state index is -0.467. The smallest absolute Gasteiger partial charge is 0.277 e. The molecule has 3 heterocycles.